The molecular weight excluding hydrogens is 320 g/mol. The number of carbonyl (C=O) groups excluding carboxylic acids is 1. The first-order valence-electron chi connectivity index (χ1n) is 7.70. The second-order valence-corrected chi connectivity index (χ2v) is 5.40. The maximum absolute atomic E-state index is 11.3. The lowest BCUT2D eigenvalue weighted by Gasteiger charge is -2.12. The van der Waals surface area contributed by atoms with E-state index in [4.69, 9.17) is 14.2 Å². The fourth-order valence-corrected chi connectivity index (χ4v) is 2.34. The predicted octanol–water partition coefficient (Wildman–Crippen LogP) is 3.73. The number of aryl methyl sites for hydroxylation is 1. The Labute approximate surface area is 147 Å². The Balaban J connectivity index is 2.34. The number of rotatable bonds is 6. The molecule has 0 atom stereocenters. The summed E-state index contributed by atoms with van der Waals surface area (Å²) < 4.78 is 16.0. The molecule has 1 N–H and O–H groups in total. The molecule has 25 heavy (non-hydrogen) atoms. The van der Waals surface area contributed by atoms with E-state index in [-0.39, 0.29) is 5.91 Å². The molecule has 2 aromatic carbocycles. The van der Waals surface area contributed by atoms with Gasteiger partial charge in [0.25, 0.3) is 0 Å². The fourth-order valence-electron chi connectivity index (χ4n) is 2.34. The van der Waals surface area contributed by atoms with E-state index >= 15 is 0 Å². The Hall–Kier alpha value is -3.02. The molecule has 0 aromatic heterocycles. The third-order valence-electron chi connectivity index (χ3n) is 3.58. The van der Waals surface area contributed by atoms with Gasteiger partial charge in [0.1, 0.15) is 0 Å². The molecule has 132 valence electrons. The summed E-state index contributed by atoms with van der Waals surface area (Å²) in [6.07, 6.45) is 1.70. The van der Waals surface area contributed by atoms with E-state index in [1.807, 2.05) is 37.3 Å². The summed E-state index contributed by atoms with van der Waals surface area (Å²) in [5.74, 6) is 1.54. The highest BCUT2D eigenvalue weighted by Crippen LogP contribution is 2.37. The highest BCUT2D eigenvalue weighted by atomic mass is 16.5. The van der Waals surface area contributed by atoms with Crippen molar-refractivity contribution in [3.8, 4) is 17.2 Å². The average Bonchev–Trinajstić information content (AvgIpc) is 2.60. The summed E-state index contributed by atoms with van der Waals surface area (Å²) >= 11 is 0. The zero-order valence-corrected chi connectivity index (χ0v) is 15.0. The van der Waals surface area contributed by atoms with Crippen LogP contribution in [0.25, 0.3) is 0 Å². The van der Waals surface area contributed by atoms with Gasteiger partial charge in [0.2, 0.25) is 11.7 Å². The smallest absolute Gasteiger partial charge is 0.221 e. The number of aliphatic imine (C=N–C) groups is 1. The number of amides is 1. The van der Waals surface area contributed by atoms with Crippen LogP contribution in [-0.2, 0) is 4.79 Å². The molecule has 0 saturated heterocycles. The van der Waals surface area contributed by atoms with Crippen molar-refractivity contribution in [3.05, 3.63) is 41.5 Å². The van der Waals surface area contributed by atoms with Crippen molar-refractivity contribution >= 4 is 23.5 Å². The lowest BCUT2D eigenvalue weighted by molar-refractivity contribution is -0.114. The molecule has 0 saturated carbocycles. The topological polar surface area (TPSA) is 69.2 Å². The van der Waals surface area contributed by atoms with E-state index in [2.05, 4.69) is 10.3 Å². The van der Waals surface area contributed by atoms with Crippen LogP contribution in [0.3, 0.4) is 0 Å². The van der Waals surface area contributed by atoms with Crippen LogP contribution < -0.4 is 19.5 Å². The van der Waals surface area contributed by atoms with Gasteiger partial charge in [-0.2, -0.15) is 0 Å². The zero-order chi connectivity index (χ0) is 18.4. The minimum Gasteiger partial charge on any atom is -0.493 e. The molecule has 0 aliphatic carbocycles. The number of ether oxygens (including phenoxy) is 3. The Morgan fingerprint density at radius 3 is 2.20 bits per heavy atom. The number of hydrogen-bond acceptors (Lipinski definition) is 5. The molecule has 6 heteroatoms. The molecule has 6 nitrogen and oxygen atoms in total. The largest absolute Gasteiger partial charge is 0.493 e. The highest BCUT2D eigenvalue weighted by Gasteiger charge is 2.12. The predicted molar refractivity (Wildman–Crippen MR) is 98.8 cm³/mol. The maximum atomic E-state index is 11.3. The summed E-state index contributed by atoms with van der Waals surface area (Å²) in [5, 5.41) is 2.79. The van der Waals surface area contributed by atoms with Gasteiger partial charge < -0.3 is 19.5 Å². The van der Waals surface area contributed by atoms with Crippen molar-refractivity contribution in [1.29, 1.82) is 0 Å². The minimum atomic E-state index is -0.117. The molecule has 1 amide bonds. The summed E-state index contributed by atoms with van der Waals surface area (Å²) in [7, 11) is 4.69. The number of methoxy groups -OCH3 is 3. The van der Waals surface area contributed by atoms with Crippen LogP contribution in [0.2, 0.25) is 0 Å². The Kier molecular flexibility index (Phi) is 6.00. The number of anilines is 1. The molecule has 0 fully saturated rings. The van der Waals surface area contributed by atoms with E-state index in [0.717, 1.165) is 22.5 Å². The number of benzene rings is 2. The van der Waals surface area contributed by atoms with Gasteiger partial charge in [-0.3, -0.25) is 9.79 Å². The lowest BCUT2D eigenvalue weighted by Crippen LogP contribution is -2.06. The third kappa shape index (κ3) is 4.50. The van der Waals surface area contributed by atoms with Gasteiger partial charge in [-0.1, -0.05) is 6.07 Å². The van der Waals surface area contributed by atoms with Crippen molar-refractivity contribution in [1.82, 2.24) is 0 Å². The normalized spacial score (nSPS) is 10.6. The van der Waals surface area contributed by atoms with E-state index in [1.165, 1.54) is 6.92 Å². The molecule has 0 heterocycles. The average molecular weight is 342 g/mol. The minimum absolute atomic E-state index is 0.117. The molecular formula is C19H22N2O4. The summed E-state index contributed by atoms with van der Waals surface area (Å²) in [6.45, 7) is 3.41. The van der Waals surface area contributed by atoms with Gasteiger partial charge in [0.05, 0.1) is 27.0 Å². The molecule has 0 aliphatic heterocycles. The molecule has 0 radical (unpaired) electrons. The van der Waals surface area contributed by atoms with Gasteiger partial charge in [-0.05, 0) is 36.8 Å². The van der Waals surface area contributed by atoms with E-state index < -0.39 is 0 Å². The number of nitrogens with one attached hydrogen (secondary N) is 1. The Morgan fingerprint density at radius 2 is 1.68 bits per heavy atom. The van der Waals surface area contributed by atoms with Gasteiger partial charge in [0, 0.05) is 24.4 Å². The lowest BCUT2D eigenvalue weighted by atomic mass is 10.1. The van der Waals surface area contributed by atoms with Crippen LogP contribution in [-0.4, -0.2) is 33.5 Å². The Bertz CT molecular complexity index is 775. The van der Waals surface area contributed by atoms with Gasteiger partial charge >= 0.3 is 0 Å². The van der Waals surface area contributed by atoms with Crippen LogP contribution in [0, 0.1) is 6.92 Å². The van der Waals surface area contributed by atoms with Crippen LogP contribution in [0.15, 0.2) is 35.3 Å². The van der Waals surface area contributed by atoms with Gasteiger partial charge in [-0.25, -0.2) is 0 Å². The molecule has 0 spiro atoms. The Morgan fingerprint density at radius 1 is 1.04 bits per heavy atom. The quantitative estimate of drug-likeness (QED) is 0.812. The van der Waals surface area contributed by atoms with Crippen molar-refractivity contribution < 1.29 is 19.0 Å². The molecule has 0 aliphatic rings. The first kappa shape index (κ1) is 18.3. The first-order valence-corrected chi connectivity index (χ1v) is 7.70. The monoisotopic (exact) mass is 342 g/mol. The highest BCUT2D eigenvalue weighted by molar-refractivity contribution is 5.90. The number of hydrogen-bond donors (Lipinski definition) is 1. The van der Waals surface area contributed by atoms with Crippen LogP contribution in [0.1, 0.15) is 18.1 Å². The summed E-state index contributed by atoms with van der Waals surface area (Å²) in [5.41, 5.74) is 3.24. The summed E-state index contributed by atoms with van der Waals surface area (Å²) in [4.78, 5) is 15.7. The molecule has 2 aromatic rings. The SMILES string of the molecule is COc1cc(C=Nc2ccc(C)c(NC(C)=O)c2)cc(OC)c1OC. The second-order valence-electron chi connectivity index (χ2n) is 5.40. The molecule has 2 rings (SSSR count). The van der Waals surface area contributed by atoms with Crippen LogP contribution >= 0.6 is 0 Å². The van der Waals surface area contributed by atoms with E-state index in [0.29, 0.717) is 17.2 Å². The van der Waals surface area contributed by atoms with Crippen LogP contribution in [0.4, 0.5) is 11.4 Å². The molecule has 0 bridgehead atoms. The van der Waals surface area contributed by atoms with Crippen molar-refractivity contribution in [3.63, 3.8) is 0 Å². The van der Waals surface area contributed by atoms with E-state index in [1.54, 1.807) is 27.5 Å². The molecule has 0 unspecified atom stereocenters. The number of nitrogens with zero attached hydrogens (tertiary/aromatic N) is 1. The van der Waals surface area contributed by atoms with Crippen LogP contribution in [0.5, 0.6) is 17.2 Å². The van der Waals surface area contributed by atoms with Crippen molar-refractivity contribution in [2.45, 2.75) is 13.8 Å². The fraction of sp³-hybridized carbons (Fsp3) is 0.263. The third-order valence-corrected chi connectivity index (χ3v) is 3.58. The second kappa shape index (κ2) is 8.19. The van der Waals surface area contributed by atoms with Crippen molar-refractivity contribution in [2.24, 2.45) is 4.99 Å². The van der Waals surface area contributed by atoms with Crippen molar-refractivity contribution in [2.75, 3.05) is 26.6 Å². The van der Waals surface area contributed by atoms with E-state index in [9.17, 15) is 4.79 Å². The maximum Gasteiger partial charge on any atom is 0.221 e. The standard InChI is InChI=1S/C19H22N2O4/c1-12-6-7-15(10-16(12)21-13(2)22)20-11-14-8-17(23-3)19(25-5)18(9-14)24-4/h6-11H,1-5H3,(H,21,22). The van der Waals surface area contributed by atoms with Gasteiger partial charge in [-0.15, -0.1) is 0 Å². The number of carbonyl (C=O) groups is 1. The van der Waals surface area contributed by atoms with Gasteiger partial charge in [0.15, 0.2) is 11.5 Å². The summed E-state index contributed by atoms with van der Waals surface area (Å²) in [6, 6.07) is 9.25. The first-order chi connectivity index (χ1) is 12.0. The zero-order valence-electron chi connectivity index (χ0n) is 15.0.